The molecule has 2 N–H and O–H groups in total. The van der Waals surface area contributed by atoms with E-state index in [-0.39, 0.29) is 12.2 Å². The van der Waals surface area contributed by atoms with Gasteiger partial charge in [0, 0.05) is 44.2 Å². The number of carbonyl (C=O) groups is 1. The van der Waals surface area contributed by atoms with Crippen LogP contribution in [0.2, 0.25) is 0 Å². The molecule has 2 saturated heterocycles. The summed E-state index contributed by atoms with van der Waals surface area (Å²) >= 11 is 1.53. The van der Waals surface area contributed by atoms with Gasteiger partial charge in [-0.25, -0.2) is 19.9 Å². The van der Waals surface area contributed by atoms with Gasteiger partial charge >= 0.3 is 0 Å². The van der Waals surface area contributed by atoms with Gasteiger partial charge in [0.25, 0.3) is 5.91 Å². The van der Waals surface area contributed by atoms with Crippen LogP contribution >= 0.6 is 11.3 Å². The molecule has 0 saturated carbocycles. The highest BCUT2D eigenvalue weighted by Gasteiger charge is 2.48. The van der Waals surface area contributed by atoms with E-state index in [1.54, 1.807) is 31.4 Å². The Morgan fingerprint density at radius 3 is 2.65 bits per heavy atom. The number of anilines is 2. The van der Waals surface area contributed by atoms with Crippen molar-refractivity contribution in [3.63, 3.8) is 0 Å². The minimum Gasteiger partial charge on any atom is -0.373 e. The Morgan fingerprint density at radius 1 is 1.08 bits per heavy atom. The number of thiazole rings is 1. The number of likely N-dealkylation sites (N-methyl/N-ethyl adjacent to an activating group) is 1. The minimum absolute atomic E-state index is 0.116. The average molecular weight is 519 g/mol. The number of nitrogens with zero attached hydrogens (tertiary/aromatic N) is 7. The Kier molecular flexibility index (Phi) is 6.14. The smallest absolute Gasteiger partial charge is 0.262 e. The fourth-order valence-electron chi connectivity index (χ4n) is 4.66. The monoisotopic (exact) mass is 518 g/mol. The molecule has 2 aliphatic rings. The second-order valence-corrected chi connectivity index (χ2v) is 10.2. The number of aromatic nitrogens is 5. The Labute approximate surface area is 217 Å². The minimum atomic E-state index is -1.70. The third-order valence-electron chi connectivity index (χ3n) is 6.71. The molecule has 6 rings (SSSR count). The lowest BCUT2D eigenvalue weighted by atomic mass is 9.98. The Bertz CT molecular complexity index is 1430. The molecule has 12 heteroatoms. The topological polar surface area (TPSA) is 133 Å². The van der Waals surface area contributed by atoms with Crippen LogP contribution in [-0.4, -0.2) is 72.6 Å². The first-order valence-corrected chi connectivity index (χ1v) is 13.1. The van der Waals surface area contributed by atoms with Gasteiger partial charge in [-0.2, -0.15) is 0 Å². The highest BCUT2D eigenvalue weighted by Crippen LogP contribution is 2.34. The van der Waals surface area contributed by atoms with Crippen molar-refractivity contribution in [2.45, 2.75) is 31.4 Å². The van der Waals surface area contributed by atoms with E-state index < -0.39 is 11.5 Å². The van der Waals surface area contributed by atoms with E-state index in [1.807, 2.05) is 12.1 Å². The Morgan fingerprint density at radius 2 is 1.86 bits per heavy atom. The molecule has 1 atom stereocenters. The first-order chi connectivity index (χ1) is 18.0. The number of carbonyl (C=O) groups excluding carboxylic acids is 1. The normalized spacial score (nSPS) is 20.2. The van der Waals surface area contributed by atoms with E-state index >= 15 is 0 Å². The summed E-state index contributed by atoms with van der Waals surface area (Å²) in [6, 6.07) is 8.82. The molecule has 0 radical (unpaired) electrons. The molecule has 0 unspecified atom stereocenters. The number of hydrogen-bond acceptors (Lipinski definition) is 11. The number of nitrogens with one attached hydrogen (secondary N) is 1. The zero-order valence-corrected chi connectivity index (χ0v) is 21.1. The molecule has 2 fully saturated rings. The first-order valence-electron chi connectivity index (χ1n) is 12.2. The standard InChI is InChI=1S/C25H26N8O3S/c1-32-12-8-25(35,22(32)34)21-13-20(31-36-21)18-6-4-5-17(28-18)19-7-9-26-23(29-19)30-24-27-16(15-37-24)14-33-10-2-3-11-33/h4-7,9,13,15,35H,2-3,8,10-12,14H2,1H3,(H,26,27,29,30)/t25-/m1/s1. The van der Waals surface area contributed by atoms with Crippen LogP contribution < -0.4 is 5.32 Å². The van der Waals surface area contributed by atoms with Crippen molar-refractivity contribution < 1.29 is 14.4 Å². The van der Waals surface area contributed by atoms with Gasteiger partial charge in [0.05, 0.1) is 22.8 Å². The maximum absolute atomic E-state index is 12.4. The highest BCUT2D eigenvalue weighted by molar-refractivity contribution is 7.13. The van der Waals surface area contributed by atoms with Crippen molar-refractivity contribution in [2.75, 3.05) is 32.0 Å². The molecule has 11 nitrogen and oxygen atoms in total. The van der Waals surface area contributed by atoms with Crippen molar-refractivity contribution in [3.05, 3.63) is 53.4 Å². The Balaban J connectivity index is 1.19. The van der Waals surface area contributed by atoms with Crippen molar-refractivity contribution in [1.29, 1.82) is 0 Å². The first kappa shape index (κ1) is 23.6. The molecule has 0 spiro atoms. The number of rotatable bonds is 7. The number of hydrogen-bond donors (Lipinski definition) is 2. The van der Waals surface area contributed by atoms with Crippen LogP contribution in [-0.2, 0) is 16.9 Å². The van der Waals surface area contributed by atoms with E-state index in [2.05, 4.69) is 40.7 Å². The van der Waals surface area contributed by atoms with E-state index in [1.165, 1.54) is 29.1 Å². The summed E-state index contributed by atoms with van der Waals surface area (Å²) in [6.07, 6.45) is 4.43. The largest absolute Gasteiger partial charge is 0.373 e. The molecule has 190 valence electrons. The molecule has 0 aromatic carbocycles. The van der Waals surface area contributed by atoms with E-state index in [4.69, 9.17) is 4.52 Å². The lowest BCUT2D eigenvalue weighted by Crippen LogP contribution is -2.35. The quantitative estimate of drug-likeness (QED) is 0.376. The van der Waals surface area contributed by atoms with Crippen LogP contribution in [0.15, 0.2) is 46.4 Å². The molecule has 0 aliphatic carbocycles. The Hall–Kier alpha value is -3.74. The SMILES string of the molecule is CN1CC[C@@](O)(c2cc(-c3cccc(-c4ccnc(Nc5nc(CN6CCCC6)cs5)n4)n3)no2)C1=O. The summed E-state index contributed by atoms with van der Waals surface area (Å²) in [6.45, 7) is 3.57. The van der Waals surface area contributed by atoms with E-state index in [9.17, 15) is 9.90 Å². The molecule has 6 heterocycles. The number of pyridine rings is 1. The molecule has 4 aromatic heterocycles. The number of likely N-dealkylation sites (tertiary alicyclic amines) is 2. The van der Waals surface area contributed by atoms with E-state index in [0.717, 1.165) is 30.5 Å². The highest BCUT2D eigenvalue weighted by atomic mass is 32.1. The summed E-state index contributed by atoms with van der Waals surface area (Å²) in [7, 11) is 1.65. The maximum Gasteiger partial charge on any atom is 0.262 e. The second-order valence-electron chi connectivity index (χ2n) is 9.34. The molecule has 4 aromatic rings. The second kappa shape index (κ2) is 9.61. The zero-order valence-electron chi connectivity index (χ0n) is 20.3. The average Bonchev–Trinajstić information content (AvgIpc) is 3.73. The lowest BCUT2D eigenvalue weighted by molar-refractivity contribution is -0.144. The van der Waals surface area contributed by atoms with Gasteiger partial charge in [0.15, 0.2) is 10.9 Å². The van der Waals surface area contributed by atoms with Crippen LogP contribution in [0.1, 0.15) is 30.7 Å². The molecular formula is C25H26N8O3S. The van der Waals surface area contributed by atoms with Crippen molar-refractivity contribution >= 4 is 28.3 Å². The third-order valence-corrected chi connectivity index (χ3v) is 7.52. The number of aliphatic hydroxyl groups is 1. The van der Waals surface area contributed by atoms with Gasteiger partial charge < -0.3 is 19.8 Å². The zero-order chi connectivity index (χ0) is 25.4. The fourth-order valence-corrected chi connectivity index (χ4v) is 5.35. The van der Waals surface area contributed by atoms with Gasteiger partial charge in [0.2, 0.25) is 11.5 Å². The van der Waals surface area contributed by atoms with Gasteiger partial charge in [-0.3, -0.25) is 9.69 Å². The van der Waals surface area contributed by atoms with Crippen LogP contribution in [0.3, 0.4) is 0 Å². The summed E-state index contributed by atoms with van der Waals surface area (Å²) < 4.78 is 5.37. The summed E-state index contributed by atoms with van der Waals surface area (Å²) in [5.41, 5.74) is 1.56. The van der Waals surface area contributed by atoms with Crippen molar-refractivity contribution in [2.24, 2.45) is 0 Å². The van der Waals surface area contributed by atoms with Gasteiger partial charge in [-0.05, 0) is 44.1 Å². The van der Waals surface area contributed by atoms with E-state index in [0.29, 0.717) is 35.3 Å². The molecule has 0 bridgehead atoms. The molecule has 2 aliphatic heterocycles. The summed E-state index contributed by atoms with van der Waals surface area (Å²) in [5, 5.41) is 20.9. The predicted molar refractivity (Wildman–Crippen MR) is 137 cm³/mol. The van der Waals surface area contributed by atoms with Crippen LogP contribution in [0.4, 0.5) is 11.1 Å². The van der Waals surface area contributed by atoms with Gasteiger partial charge in [-0.1, -0.05) is 11.2 Å². The van der Waals surface area contributed by atoms with Crippen molar-refractivity contribution in [3.8, 4) is 22.8 Å². The van der Waals surface area contributed by atoms with Crippen LogP contribution in [0.25, 0.3) is 22.8 Å². The molecular weight excluding hydrogens is 492 g/mol. The third kappa shape index (κ3) is 4.70. The maximum atomic E-state index is 12.4. The molecule has 37 heavy (non-hydrogen) atoms. The van der Waals surface area contributed by atoms with Crippen LogP contribution in [0.5, 0.6) is 0 Å². The van der Waals surface area contributed by atoms with Crippen LogP contribution in [0, 0.1) is 0 Å². The summed E-state index contributed by atoms with van der Waals surface area (Å²) in [5.74, 6) is 0.146. The lowest BCUT2D eigenvalue weighted by Gasteiger charge is -2.16. The van der Waals surface area contributed by atoms with Crippen molar-refractivity contribution in [1.82, 2.24) is 34.9 Å². The predicted octanol–water partition coefficient (Wildman–Crippen LogP) is 3.04. The van der Waals surface area contributed by atoms with Gasteiger partial charge in [0.1, 0.15) is 5.69 Å². The molecule has 1 amide bonds. The summed E-state index contributed by atoms with van der Waals surface area (Å²) in [4.78, 5) is 34.6. The number of amides is 1. The van der Waals surface area contributed by atoms with Gasteiger partial charge in [-0.15, -0.1) is 11.3 Å². The fraction of sp³-hybridized carbons (Fsp3) is 0.360.